The van der Waals surface area contributed by atoms with E-state index in [1.54, 1.807) is 41.9 Å². The van der Waals surface area contributed by atoms with Crippen molar-refractivity contribution in [2.75, 3.05) is 140 Å². The average Bonchev–Trinajstić information content (AvgIpc) is 3.37. The minimum absolute atomic E-state index is 0.0455. The monoisotopic (exact) mass is 1300 g/mol. The standard InChI is InChI=1S/C10H19N2O4PS.C7H16NO4PS2.C6H12NO4PS2.C6H14NO3PS2.C5H12NO3PS2/c1-5-15-17(14,16-6-2)18-7-9(13)12-10(3,4)8-11;1-10-5-4-8-7(9)6-15-13(14,11-2)12-3;1-7(5-8)6(9)4-14-12(13,10-2)11-3;1-4-7-6(8)5-13-11(12,9-2)10-3;1-6-5(7)4-12-10(11,8-2)9-3/h5-7H2,1-4H3,(H,12,13);4-6H2,1-3H3,(H,8,9);5H,4H2,1-3H3;4-5H2,1-3H3,(H,7,8);4H2,1-3H3,(H,6,7). The lowest BCUT2D eigenvalue weighted by atomic mass is 10.1. The van der Waals surface area contributed by atoms with Crippen LogP contribution in [0.1, 0.15) is 34.6 Å². The third-order valence-corrected chi connectivity index (χ3v) is 33.2. The van der Waals surface area contributed by atoms with E-state index in [4.69, 9.17) is 102 Å². The maximum Gasteiger partial charge on any atom is 0.389 e. The largest absolute Gasteiger partial charge is 0.389 e. The van der Waals surface area contributed by atoms with Crippen LogP contribution in [0, 0.1) is 11.3 Å². The van der Waals surface area contributed by atoms with Crippen LogP contribution in [0.3, 0.4) is 0 Å². The van der Waals surface area contributed by atoms with Gasteiger partial charge in [-0.15, -0.1) is 0 Å². The van der Waals surface area contributed by atoms with Crippen molar-refractivity contribution >= 4 is 170 Å². The van der Waals surface area contributed by atoms with Crippen LogP contribution in [0.25, 0.3) is 0 Å². The topological polar surface area (TPSA) is 296 Å². The van der Waals surface area contributed by atoms with Crippen LogP contribution in [-0.2, 0) is 131 Å². The van der Waals surface area contributed by atoms with E-state index in [1.165, 1.54) is 98.1 Å². The summed E-state index contributed by atoms with van der Waals surface area (Å²) >= 11 is 25.8. The first-order valence-electron chi connectivity index (χ1n) is 20.1. The molecule has 24 nitrogen and oxygen atoms in total. The summed E-state index contributed by atoms with van der Waals surface area (Å²) in [4.78, 5) is 67.1. The normalized spacial score (nSPS) is 11.4. The Morgan fingerprint density at radius 1 is 0.611 bits per heavy atom. The van der Waals surface area contributed by atoms with E-state index in [0.717, 1.165) is 27.7 Å². The minimum atomic E-state index is -3.27. The van der Waals surface area contributed by atoms with Gasteiger partial charge in [-0.1, -0.05) is 45.5 Å². The molecule has 0 aromatic carbocycles. The van der Waals surface area contributed by atoms with Crippen molar-refractivity contribution in [3.05, 3.63) is 0 Å². The zero-order valence-electron chi connectivity index (χ0n) is 43.3. The Hall–Kier alpha value is 0.650. The van der Waals surface area contributed by atoms with E-state index in [0.29, 0.717) is 26.1 Å². The Morgan fingerprint density at radius 2 is 0.958 bits per heavy atom. The van der Waals surface area contributed by atoms with Crippen molar-refractivity contribution in [1.29, 1.82) is 5.26 Å². The number of amides is 6. The summed E-state index contributed by atoms with van der Waals surface area (Å²) < 4.78 is 66.8. The number of nitrogens with one attached hydrogen (secondary N) is 4. The molecule has 38 heteroatoms. The summed E-state index contributed by atoms with van der Waals surface area (Å²) in [5.41, 5.74) is -10.2. The van der Waals surface area contributed by atoms with Crippen LogP contribution < -0.4 is 21.3 Å². The van der Waals surface area contributed by atoms with Crippen molar-refractivity contribution in [3.8, 4) is 6.07 Å². The third-order valence-electron chi connectivity index (χ3n) is 6.69. The van der Waals surface area contributed by atoms with Gasteiger partial charge in [-0.2, -0.15) is 5.26 Å². The van der Waals surface area contributed by atoms with Gasteiger partial charge >= 0.3 is 6.80 Å². The van der Waals surface area contributed by atoms with E-state index >= 15 is 0 Å². The Morgan fingerprint density at radius 3 is 1.26 bits per heavy atom. The Balaban J connectivity index is -0.000000262. The Labute approximate surface area is 466 Å². The molecule has 0 aliphatic rings. The molecule has 0 saturated heterocycles. The van der Waals surface area contributed by atoms with Gasteiger partial charge in [-0.05, 0) is 93.2 Å². The van der Waals surface area contributed by atoms with E-state index in [-0.39, 0.29) is 71.5 Å². The SMILES string of the molecule is CCNC(=O)CSP(=S)(OC)OC.CCOP(=O)(OCC)SCC(=O)NC(C)(C)C#N.CNC(=O)CSP(=S)(OC)OC.COCCNC(=O)CSP(=S)(OC)OC.COP(=S)(OC)SCC(=O)N(C)C=O. The van der Waals surface area contributed by atoms with Crippen LogP contribution in [0.4, 0.5) is 0 Å². The highest BCUT2D eigenvalue weighted by Gasteiger charge is 2.28. The third kappa shape index (κ3) is 45.6. The average molecular weight is 1300 g/mol. The molecule has 0 unspecified atom stereocenters. The molecule has 0 aliphatic heterocycles. The number of nitrogens with zero attached hydrogens (tertiary/aromatic N) is 2. The number of methoxy groups -OCH3 is 1. The highest BCUT2D eigenvalue weighted by Crippen LogP contribution is 2.62. The van der Waals surface area contributed by atoms with Gasteiger partial charge in [0.1, 0.15) is 5.54 Å². The molecule has 0 radical (unpaired) electrons. The van der Waals surface area contributed by atoms with Crippen molar-refractivity contribution < 1.29 is 83.3 Å². The first kappa shape index (κ1) is 81.5. The second-order valence-corrected chi connectivity index (χ2v) is 42.4. The van der Waals surface area contributed by atoms with E-state index in [1.807, 2.05) is 13.0 Å². The molecule has 0 aromatic rings. The van der Waals surface area contributed by atoms with Crippen LogP contribution in [0.2, 0.25) is 0 Å². The predicted octanol–water partition coefficient (Wildman–Crippen LogP) is 6.53. The summed E-state index contributed by atoms with van der Waals surface area (Å²) in [6.45, 7) is 7.27. The summed E-state index contributed by atoms with van der Waals surface area (Å²) in [6.07, 6.45) is 0.450. The quantitative estimate of drug-likeness (QED) is 0.0309. The fraction of sp³-hybridized carbons (Fsp3) is 0.794. The van der Waals surface area contributed by atoms with Crippen LogP contribution in [-0.4, -0.2) is 186 Å². The molecule has 0 aromatic heterocycles. The number of carbonyl (C=O) groups excluding carboxylic acids is 6. The van der Waals surface area contributed by atoms with Crippen molar-refractivity contribution in [3.63, 3.8) is 0 Å². The number of imide groups is 1. The first-order valence-corrected chi connectivity index (χ1v) is 40.2. The molecule has 0 bridgehead atoms. The summed E-state index contributed by atoms with van der Waals surface area (Å²) in [6, 6.07) is 1.95. The number of carbonyl (C=O) groups is 6. The second-order valence-electron chi connectivity index (χ2n) is 12.3. The maximum absolute atomic E-state index is 12.0. The number of ether oxygens (including phenoxy) is 1. The molecular weight excluding hydrogens is 1220 g/mol. The van der Waals surface area contributed by atoms with Gasteiger partial charge in [0, 0.05) is 91.2 Å². The number of rotatable bonds is 33. The van der Waals surface area contributed by atoms with Crippen LogP contribution in [0.5, 0.6) is 0 Å². The maximum atomic E-state index is 12.0. The van der Waals surface area contributed by atoms with Crippen molar-refractivity contribution in [2.45, 2.75) is 40.2 Å². The lowest BCUT2D eigenvalue weighted by Crippen LogP contribution is -2.42. The smallest absolute Gasteiger partial charge is 0.383 e. The van der Waals surface area contributed by atoms with Gasteiger partial charge in [0.05, 0.1) is 54.7 Å². The molecule has 0 atom stereocenters. The summed E-state index contributed by atoms with van der Waals surface area (Å²) in [5, 5.41) is 19.1. The molecule has 426 valence electrons. The molecule has 0 aliphatic carbocycles. The molecular formula is C34H73N6O18P5S9. The summed E-state index contributed by atoms with van der Waals surface area (Å²) in [5.74, 6) is -0.138. The van der Waals surface area contributed by atoms with Crippen LogP contribution in [0.15, 0.2) is 0 Å². The van der Waals surface area contributed by atoms with E-state index in [2.05, 4.69) is 21.3 Å². The zero-order chi connectivity index (χ0) is 57.1. The zero-order valence-corrected chi connectivity index (χ0v) is 55.1. The minimum Gasteiger partial charge on any atom is -0.383 e. The molecule has 72 heavy (non-hydrogen) atoms. The Bertz CT molecular complexity index is 1830. The predicted molar refractivity (Wildman–Crippen MR) is 311 cm³/mol. The van der Waals surface area contributed by atoms with Gasteiger partial charge in [0.15, 0.2) is 0 Å². The van der Waals surface area contributed by atoms with Crippen molar-refractivity contribution in [2.24, 2.45) is 0 Å². The number of hydrogen-bond acceptors (Lipinski definition) is 28. The van der Waals surface area contributed by atoms with Crippen molar-refractivity contribution in [1.82, 2.24) is 26.2 Å². The fourth-order valence-electron chi connectivity index (χ4n) is 3.07. The lowest BCUT2D eigenvalue weighted by Gasteiger charge is -2.19. The molecule has 0 spiro atoms. The van der Waals surface area contributed by atoms with Gasteiger partial charge in [-0.3, -0.25) is 33.7 Å². The highest BCUT2D eigenvalue weighted by molar-refractivity contribution is 8.69. The van der Waals surface area contributed by atoms with Crippen LogP contribution >= 0.6 is 86.5 Å². The molecule has 4 N–H and O–H groups in total. The molecule has 0 heterocycles. The second kappa shape index (κ2) is 47.6. The molecule has 0 saturated carbocycles. The van der Waals surface area contributed by atoms with E-state index < -0.39 is 35.1 Å². The first-order chi connectivity index (χ1) is 33.5. The molecule has 6 amide bonds. The van der Waals surface area contributed by atoms with Gasteiger partial charge in [0.25, 0.3) is 0 Å². The number of nitriles is 1. The fourth-order valence-corrected chi connectivity index (χ4v) is 17.0. The van der Waals surface area contributed by atoms with Gasteiger partial charge < -0.3 is 71.2 Å². The van der Waals surface area contributed by atoms with E-state index in [9.17, 15) is 33.3 Å². The number of hydrogen-bond donors (Lipinski definition) is 4. The lowest BCUT2D eigenvalue weighted by molar-refractivity contribution is -0.134. The molecule has 0 fully saturated rings. The highest BCUT2D eigenvalue weighted by atomic mass is 32.9. The Kier molecular flexibility index (Phi) is 53.9. The van der Waals surface area contributed by atoms with Gasteiger partial charge in [-0.25, -0.2) is 4.57 Å². The van der Waals surface area contributed by atoms with Gasteiger partial charge in [0.2, 0.25) is 58.7 Å². The summed E-state index contributed by atoms with van der Waals surface area (Å²) in [7, 11) is 16.4. The molecule has 0 rings (SSSR count).